The van der Waals surface area contributed by atoms with E-state index in [1.54, 1.807) is 0 Å². The topological polar surface area (TPSA) is 26.3 Å². The van der Waals surface area contributed by atoms with Crippen molar-refractivity contribution < 1.29 is 9.53 Å². The first-order chi connectivity index (χ1) is 8.89. The third-order valence-electron chi connectivity index (χ3n) is 3.31. The summed E-state index contributed by atoms with van der Waals surface area (Å²) in [5, 5.41) is 0. The first kappa shape index (κ1) is 19.5. The van der Waals surface area contributed by atoms with Crippen molar-refractivity contribution in [3.8, 4) is 0 Å². The zero-order valence-electron chi connectivity index (χ0n) is 15.0. The molecule has 0 heterocycles. The first-order valence-electron chi connectivity index (χ1n) is 8.05. The fraction of sp³-hybridized carbons (Fsp3) is 0.944. The van der Waals surface area contributed by atoms with Gasteiger partial charge in [-0.25, -0.2) is 0 Å². The highest BCUT2D eigenvalue weighted by atomic mass is 16.5. The number of carbonyl (C=O) groups excluding carboxylic acids is 1. The maximum atomic E-state index is 11.8. The number of rotatable bonds is 7. The third-order valence-corrected chi connectivity index (χ3v) is 3.31. The van der Waals surface area contributed by atoms with E-state index >= 15 is 0 Å². The van der Waals surface area contributed by atoms with Gasteiger partial charge in [-0.05, 0) is 41.9 Å². The van der Waals surface area contributed by atoms with Crippen LogP contribution in [0.15, 0.2) is 0 Å². The van der Waals surface area contributed by atoms with Crippen LogP contribution in [0.5, 0.6) is 0 Å². The largest absolute Gasteiger partial charge is 0.466 e. The van der Waals surface area contributed by atoms with E-state index in [2.05, 4.69) is 55.4 Å². The number of ether oxygens (including phenoxy) is 1. The quantitative estimate of drug-likeness (QED) is 0.581. The summed E-state index contributed by atoms with van der Waals surface area (Å²) in [7, 11) is 0. The van der Waals surface area contributed by atoms with Gasteiger partial charge in [0.1, 0.15) is 0 Å². The Bertz CT molecular complexity index is 281. The molecule has 0 aromatic heterocycles. The van der Waals surface area contributed by atoms with Crippen molar-refractivity contribution in [3.63, 3.8) is 0 Å². The van der Waals surface area contributed by atoms with Crippen molar-refractivity contribution in [1.82, 2.24) is 0 Å². The van der Waals surface area contributed by atoms with Gasteiger partial charge in [-0.15, -0.1) is 0 Å². The standard InChI is InChI=1S/C18H36O2/c1-14(12-17(3,4)5)9-10-20-16(19)11-15(2)13-18(6,7)8/h14-15H,9-13H2,1-8H3/t14-,15+/m1/s1. The fourth-order valence-corrected chi connectivity index (χ4v) is 2.98. The van der Waals surface area contributed by atoms with Gasteiger partial charge in [0.25, 0.3) is 0 Å². The summed E-state index contributed by atoms with van der Waals surface area (Å²) in [6.07, 6.45) is 3.75. The van der Waals surface area contributed by atoms with Crippen LogP contribution in [0.2, 0.25) is 0 Å². The van der Waals surface area contributed by atoms with Gasteiger partial charge in [0.15, 0.2) is 0 Å². The highest BCUT2D eigenvalue weighted by molar-refractivity contribution is 5.69. The molecule has 0 aliphatic heterocycles. The van der Waals surface area contributed by atoms with Gasteiger partial charge in [-0.3, -0.25) is 4.79 Å². The summed E-state index contributed by atoms with van der Waals surface area (Å²) in [5.41, 5.74) is 0.631. The summed E-state index contributed by atoms with van der Waals surface area (Å²) in [6, 6.07) is 0. The van der Waals surface area contributed by atoms with E-state index in [1.807, 2.05) is 0 Å². The van der Waals surface area contributed by atoms with E-state index < -0.39 is 0 Å². The summed E-state index contributed by atoms with van der Waals surface area (Å²) in [5.74, 6) is 0.967. The molecule has 0 rings (SSSR count). The Kier molecular flexibility index (Phi) is 7.83. The molecule has 0 aromatic rings. The van der Waals surface area contributed by atoms with Gasteiger partial charge >= 0.3 is 5.97 Å². The van der Waals surface area contributed by atoms with Crippen molar-refractivity contribution in [3.05, 3.63) is 0 Å². The van der Waals surface area contributed by atoms with Crippen molar-refractivity contribution >= 4 is 5.97 Å². The molecule has 0 bridgehead atoms. The number of hydrogen-bond donors (Lipinski definition) is 0. The smallest absolute Gasteiger partial charge is 0.306 e. The molecule has 120 valence electrons. The van der Waals surface area contributed by atoms with Crippen LogP contribution in [0.4, 0.5) is 0 Å². The molecule has 2 nitrogen and oxygen atoms in total. The summed E-state index contributed by atoms with van der Waals surface area (Å²) in [6.45, 7) is 18.3. The Morgan fingerprint density at radius 3 is 1.80 bits per heavy atom. The van der Waals surface area contributed by atoms with Crippen molar-refractivity contribution in [2.24, 2.45) is 22.7 Å². The lowest BCUT2D eigenvalue weighted by molar-refractivity contribution is -0.145. The van der Waals surface area contributed by atoms with Gasteiger partial charge in [-0.1, -0.05) is 55.4 Å². The Balaban J connectivity index is 3.84. The van der Waals surface area contributed by atoms with Gasteiger partial charge < -0.3 is 4.74 Å². The van der Waals surface area contributed by atoms with E-state index in [1.165, 1.54) is 6.42 Å². The molecule has 0 saturated carbocycles. The van der Waals surface area contributed by atoms with Crippen molar-refractivity contribution in [2.75, 3.05) is 6.61 Å². The van der Waals surface area contributed by atoms with Crippen molar-refractivity contribution in [2.45, 2.75) is 81.1 Å². The number of hydrogen-bond acceptors (Lipinski definition) is 2. The molecule has 2 heteroatoms. The van der Waals surface area contributed by atoms with E-state index in [9.17, 15) is 4.79 Å². The summed E-state index contributed by atoms with van der Waals surface area (Å²) in [4.78, 5) is 11.8. The summed E-state index contributed by atoms with van der Waals surface area (Å²) >= 11 is 0. The Hall–Kier alpha value is -0.530. The van der Waals surface area contributed by atoms with Gasteiger partial charge in [0.2, 0.25) is 0 Å². The van der Waals surface area contributed by atoms with Crippen LogP contribution >= 0.6 is 0 Å². The fourth-order valence-electron chi connectivity index (χ4n) is 2.98. The molecule has 0 amide bonds. The van der Waals surface area contributed by atoms with Crippen LogP contribution in [0.1, 0.15) is 81.1 Å². The minimum absolute atomic E-state index is 0.0373. The minimum atomic E-state index is -0.0373. The van der Waals surface area contributed by atoms with E-state index in [0.29, 0.717) is 30.3 Å². The molecule has 0 unspecified atom stereocenters. The normalized spacial score (nSPS) is 15.8. The van der Waals surface area contributed by atoms with Crippen LogP contribution in [-0.4, -0.2) is 12.6 Å². The molecule has 0 saturated heterocycles. The lowest BCUT2D eigenvalue weighted by atomic mass is 9.84. The maximum absolute atomic E-state index is 11.8. The monoisotopic (exact) mass is 284 g/mol. The molecule has 0 aliphatic rings. The molecular formula is C18H36O2. The Labute approximate surface area is 126 Å². The number of carbonyl (C=O) groups is 1. The van der Waals surface area contributed by atoms with Crippen LogP contribution in [0, 0.1) is 22.7 Å². The zero-order chi connectivity index (χ0) is 16.0. The molecule has 20 heavy (non-hydrogen) atoms. The molecule has 0 aromatic carbocycles. The second-order valence-corrected chi connectivity index (χ2v) is 8.95. The van der Waals surface area contributed by atoms with E-state index in [0.717, 1.165) is 12.8 Å². The number of esters is 1. The van der Waals surface area contributed by atoms with Crippen LogP contribution in [0.3, 0.4) is 0 Å². The van der Waals surface area contributed by atoms with Crippen LogP contribution in [-0.2, 0) is 9.53 Å². The van der Waals surface area contributed by atoms with E-state index in [-0.39, 0.29) is 11.4 Å². The first-order valence-corrected chi connectivity index (χ1v) is 8.05. The van der Waals surface area contributed by atoms with Gasteiger partial charge in [0.05, 0.1) is 6.61 Å². The summed E-state index contributed by atoms with van der Waals surface area (Å²) < 4.78 is 5.37. The van der Waals surface area contributed by atoms with E-state index in [4.69, 9.17) is 4.74 Å². The van der Waals surface area contributed by atoms with Crippen LogP contribution < -0.4 is 0 Å². The lowest BCUT2D eigenvalue weighted by Gasteiger charge is -2.24. The average molecular weight is 284 g/mol. The van der Waals surface area contributed by atoms with Gasteiger partial charge in [-0.2, -0.15) is 0 Å². The minimum Gasteiger partial charge on any atom is -0.466 e. The SMILES string of the molecule is C[C@H](CCOC(=O)C[C@H](C)CC(C)(C)C)CC(C)(C)C. The molecule has 0 N–H and O–H groups in total. The van der Waals surface area contributed by atoms with Crippen LogP contribution in [0.25, 0.3) is 0 Å². The molecule has 0 radical (unpaired) electrons. The molecule has 0 aliphatic carbocycles. The van der Waals surface area contributed by atoms with Gasteiger partial charge in [0, 0.05) is 6.42 Å². The lowest BCUT2D eigenvalue weighted by Crippen LogP contribution is -2.17. The average Bonchev–Trinajstić information content (AvgIpc) is 2.10. The molecular weight excluding hydrogens is 248 g/mol. The Morgan fingerprint density at radius 2 is 1.35 bits per heavy atom. The third kappa shape index (κ3) is 12.5. The predicted molar refractivity (Wildman–Crippen MR) is 86.7 cm³/mol. The van der Waals surface area contributed by atoms with Crippen molar-refractivity contribution in [1.29, 1.82) is 0 Å². The zero-order valence-corrected chi connectivity index (χ0v) is 15.0. The Morgan fingerprint density at radius 1 is 0.900 bits per heavy atom. The highest BCUT2D eigenvalue weighted by Crippen LogP contribution is 2.27. The molecule has 0 spiro atoms. The predicted octanol–water partition coefficient (Wildman–Crippen LogP) is 5.45. The maximum Gasteiger partial charge on any atom is 0.306 e. The second-order valence-electron chi connectivity index (χ2n) is 8.95. The highest BCUT2D eigenvalue weighted by Gasteiger charge is 2.19. The molecule has 0 fully saturated rings. The molecule has 2 atom stereocenters. The second kappa shape index (κ2) is 8.05.